The summed E-state index contributed by atoms with van der Waals surface area (Å²) in [7, 11) is 0. The van der Waals surface area contributed by atoms with Crippen molar-refractivity contribution in [2.24, 2.45) is 0 Å². The van der Waals surface area contributed by atoms with Crippen molar-refractivity contribution in [3.8, 4) is 0 Å². The van der Waals surface area contributed by atoms with E-state index in [0.717, 1.165) is 5.57 Å². The summed E-state index contributed by atoms with van der Waals surface area (Å²) in [6, 6.07) is 2.09. The SMILES string of the molecule is Cc1cc([N+](=O)[O-])c(F)cc1C1=CC(C)N(C(=O)OC(C)(C)C)C(C)C1. The van der Waals surface area contributed by atoms with Crippen LogP contribution in [0.15, 0.2) is 18.2 Å². The maximum Gasteiger partial charge on any atom is 0.411 e. The van der Waals surface area contributed by atoms with Gasteiger partial charge in [-0.3, -0.25) is 15.0 Å². The van der Waals surface area contributed by atoms with Crippen LogP contribution < -0.4 is 0 Å². The molecule has 0 aliphatic carbocycles. The molecule has 1 aliphatic heterocycles. The van der Waals surface area contributed by atoms with E-state index in [2.05, 4.69) is 0 Å². The van der Waals surface area contributed by atoms with Crippen molar-refractivity contribution < 1.29 is 18.8 Å². The average Bonchev–Trinajstić information content (AvgIpc) is 2.46. The van der Waals surface area contributed by atoms with Gasteiger partial charge in [-0.1, -0.05) is 6.08 Å². The number of carbonyl (C=O) groups excluding carboxylic acids is 1. The number of carbonyl (C=O) groups is 1. The fourth-order valence-corrected chi connectivity index (χ4v) is 3.27. The second-order valence-corrected chi connectivity index (χ2v) is 7.75. The second-order valence-electron chi connectivity index (χ2n) is 7.75. The van der Waals surface area contributed by atoms with E-state index in [4.69, 9.17) is 4.74 Å². The van der Waals surface area contributed by atoms with Gasteiger partial charge in [0.25, 0.3) is 0 Å². The highest BCUT2D eigenvalue weighted by atomic mass is 19.1. The van der Waals surface area contributed by atoms with Crippen LogP contribution in [-0.4, -0.2) is 33.6 Å². The largest absolute Gasteiger partial charge is 0.444 e. The first-order valence-electron chi connectivity index (χ1n) is 8.57. The van der Waals surface area contributed by atoms with Crippen molar-refractivity contribution in [2.45, 2.75) is 65.6 Å². The molecule has 0 fully saturated rings. The van der Waals surface area contributed by atoms with E-state index in [-0.39, 0.29) is 18.2 Å². The molecule has 1 amide bonds. The minimum absolute atomic E-state index is 0.141. The minimum atomic E-state index is -0.855. The van der Waals surface area contributed by atoms with Crippen LogP contribution in [0.3, 0.4) is 0 Å². The van der Waals surface area contributed by atoms with Crippen LogP contribution in [0.5, 0.6) is 0 Å². The van der Waals surface area contributed by atoms with Crippen molar-refractivity contribution in [3.05, 3.63) is 45.3 Å². The maximum atomic E-state index is 14.1. The first kappa shape index (κ1) is 19.9. The molecule has 1 aromatic carbocycles. The number of ether oxygens (including phenoxy) is 1. The normalized spacial score (nSPS) is 20.6. The van der Waals surface area contributed by atoms with Crippen molar-refractivity contribution in [1.29, 1.82) is 0 Å². The lowest BCUT2D eigenvalue weighted by atomic mass is 9.89. The Hall–Kier alpha value is -2.44. The van der Waals surface area contributed by atoms with Gasteiger partial charge in [-0.05, 0) is 70.7 Å². The molecular formula is C19H25FN2O4. The monoisotopic (exact) mass is 364 g/mol. The molecule has 0 aromatic heterocycles. The summed E-state index contributed by atoms with van der Waals surface area (Å²) in [5.74, 6) is -0.855. The first-order chi connectivity index (χ1) is 11.9. The van der Waals surface area contributed by atoms with Crippen LogP contribution in [0, 0.1) is 22.9 Å². The van der Waals surface area contributed by atoms with Gasteiger partial charge in [0, 0.05) is 12.1 Å². The molecule has 0 spiro atoms. The lowest BCUT2D eigenvalue weighted by molar-refractivity contribution is -0.387. The van der Waals surface area contributed by atoms with Gasteiger partial charge in [0.2, 0.25) is 5.82 Å². The third kappa shape index (κ3) is 4.20. The fraction of sp³-hybridized carbons (Fsp3) is 0.526. The lowest BCUT2D eigenvalue weighted by Crippen LogP contribution is -2.48. The molecule has 2 rings (SSSR count). The Kier molecular flexibility index (Phi) is 5.39. The molecule has 1 aromatic rings. The highest BCUT2D eigenvalue weighted by molar-refractivity contribution is 5.75. The third-order valence-electron chi connectivity index (χ3n) is 4.31. The second kappa shape index (κ2) is 7.05. The smallest absolute Gasteiger partial charge is 0.411 e. The summed E-state index contributed by atoms with van der Waals surface area (Å²) >= 11 is 0. The van der Waals surface area contributed by atoms with Gasteiger partial charge in [-0.15, -0.1) is 0 Å². The maximum absolute atomic E-state index is 14.1. The summed E-state index contributed by atoms with van der Waals surface area (Å²) in [5.41, 5.74) is 1.03. The van der Waals surface area contributed by atoms with Crippen LogP contribution in [0.4, 0.5) is 14.9 Å². The number of halogens is 1. The Labute approximate surface area is 152 Å². The molecule has 2 unspecified atom stereocenters. The van der Waals surface area contributed by atoms with Gasteiger partial charge < -0.3 is 4.74 Å². The van der Waals surface area contributed by atoms with E-state index >= 15 is 0 Å². The number of rotatable bonds is 2. The molecule has 2 atom stereocenters. The van der Waals surface area contributed by atoms with Gasteiger partial charge >= 0.3 is 11.8 Å². The van der Waals surface area contributed by atoms with E-state index < -0.39 is 22.0 Å². The number of amides is 1. The van der Waals surface area contributed by atoms with Crippen LogP contribution in [0.2, 0.25) is 0 Å². The average molecular weight is 364 g/mol. The summed E-state index contributed by atoms with van der Waals surface area (Å²) < 4.78 is 19.5. The molecule has 0 saturated carbocycles. The number of nitro benzene ring substituents is 1. The van der Waals surface area contributed by atoms with Crippen LogP contribution in [-0.2, 0) is 4.74 Å². The van der Waals surface area contributed by atoms with Crippen LogP contribution >= 0.6 is 0 Å². The number of nitrogens with zero attached hydrogens (tertiary/aromatic N) is 2. The molecule has 0 bridgehead atoms. The van der Waals surface area contributed by atoms with E-state index in [1.807, 2.05) is 40.7 Å². The molecule has 0 radical (unpaired) electrons. The topological polar surface area (TPSA) is 72.7 Å². The Morgan fingerprint density at radius 2 is 1.96 bits per heavy atom. The molecule has 142 valence electrons. The summed E-state index contributed by atoms with van der Waals surface area (Å²) in [5, 5.41) is 10.9. The number of hydrogen-bond donors (Lipinski definition) is 0. The van der Waals surface area contributed by atoms with Gasteiger partial charge in [0.05, 0.1) is 11.0 Å². The molecule has 6 nitrogen and oxygen atoms in total. The van der Waals surface area contributed by atoms with Crippen LogP contribution in [0.1, 0.15) is 52.2 Å². The van der Waals surface area contributed by atoms with Crippen molar-refractivity contribution in [3.63, 3.8) is 0 Å². The predicted molar refractivity (Wildman–Crippen MR) is 97.4 cm³/mol. The van der Waals surface area contributed by atoms with Gasteiger partial charge in [-0.25, -0.2) is 4.79 Å². The zero-order valence-corrected chi connectivity index (χ0v) is 16.0. The van der Waals surface area contributed by atoms with Gasteiger partial charge in [0.15, 0.2) is 0 Å². The lowest BCUT2D eigenvalue weighted by Gasteiger charge is -2.39. The number of benzene rings is 1. The highest BCUT2D eigenvalue weighted by Crippen LogP contribution is 2.34. The fourth-order valence-electron chi connectivity index (χ4n) is 3.27. The third-order valence-corrected chi connectivity index (χ3v) is 4.31. The van der Waals surface area contributed by atoms with Crippen molar-refractivity contribution in [2.75, 3.05) is 0 Å². The van der Waals surface area contributed by atoms with E-state index in [9.17, 15) is 19.3 Å². The summed E-state index contributed by atoms with van der Waals surface area (Å²) in [6.07, 6.45) is 2.01. The summed E-state index contributed by atoms with van der Waals surface area (Å²) in [6.45, 7) is 10.9. The molecule has 7 heteroatoms. The molecular weight excluding hydrogens is 339 g/mol. The molecule has 26 heavy (non-hydrogen) atoms. The van der Waals surface area contributed by atoms with Crippen LogP contribution in [0.25, 0.3) is 5.57 Å². The minimum Gasteiger partial charge on any atom is -0.444 e. The Morgan fingerprint density at radius 1 is 1.35 bits per heavy atom. The van der Waals surface area contributed by atoms with Gasteiger partial charge in [-0.2, -0.15) is 4.39 Å². The highest BCUT2D eigenvalue weighted by Gasteiger charge is 2.33. The predicted octanol–water partition coefficient (Wildman–Crippen LogP) is 4.84. The number of hydrogen-bond acceptors (Lipinski definition) is 4. The van der Waals surface area contributed by atoms with Crippen molar-refractivity contribution in [1.82, 2.24) is 4.90 Å². The van der Waals surface area contributed by atoms with E-state index in [1.54, 1.807) is 11.8 Å². The molecule has 0 N–H and O–H groups in total. The van der Waals surface area contributed by atoms with E-state index in [1.165, 1.54) is 12.1 Å². The molecule has 1 aliphatic rings. The number of nitro groups is 1. The quantitative estimate of drug-likeness (QED) is 0.556. The van der Waals surface area contributed by atoms with E-state index in [0.29, 0.717) is 17.5 Å². The Bertz CT molecular complexity index is 768. The Morgan fingerprint density at radius 3 is 2.46 bits per heavy atom. The first-order valence-corrected chi connectivity index (χ1v) is 8.57. The summed E-state index contributed by atoms with van der Waals surface area (Å²) in [4.78, 5) is 24.3. The standard InChI is InChI=1S/C19H25FN2O4/c1-11-7-17(22(24)25)16(20)10-15(11)14-8-12(2)21(13(3)9-14)18(23)26-19(4,5)6/h7-8,10,12-13H,9H2,1-6H3. The van der Waals surface area contributed by atoms with Gasteiger partial charge in [0.1, 0.15) is 5.60 Å². The zero-order chi connectivity index (χ0) is 19.8. The zero-order valence-electron chi connectivity index (χ0n) is 16.0. The molecule has 1 heterocycles. The molecule has 0 saturated heterocycles. The Balaban J connectivity index is 2.34. The number of aryl methyl sites for hydroxylation is 1. The van der Waals surface area contributed by atoms with Crippen molar-refractivity contribution >= 4 is 17.4 Å².